The Bertz CT molecular complexity index is 391. The topological polar surface area (TPSA) is 9.23 Å². The van der Waals surface area contributed by atoms with Crippen molar-refractivity contribution in [2.24, 2.45) is 0 Å². The van der Waals surface area contributed by atoms with Crippen molar-refractivity contribution in [2.75, 3.05) is 6.61 Å². The van der Waals surface area contributed by atoms with Crippen molar-refractivity contribution < 1.29 is 4.74 Å². The molecule has 1 aromatic rings. The van der Waals surface area contributed by atoms with Crippen LogP contribution in [0.25, 0.3) is 0 Å². The second-order valence-corrected chi connectivity index (χ2v) is 4.96. The first-order valence-corrected chi connectivity index (χ1v) is 6.97. The normalized spacial score (nSPS) is 11.7. The van der Waals surface area contributed by atoms with E-state index in [1.165, 1.54) is 5.56 Å². The van der Waals surface area contributed by atoms with E-state index in [2.05, 4.69) is 50.4 Å². The second kappa shape index (κ2) is 9.04. The molecular formula is C16H22OS. The summed E-state index contributed by atoms with van der Waals surface area (Å²) in [5.74, 6) is 0. The Kier molecular flexibility index (Phi) is 7.59. The minimum absolute atomic E-state index is 0.127. The lowest BCUT2D eigenvalue weighted by Crippen LogP contribution is -2.10. The van der Waals surface area contributed by atoms with Crippen LogP contribution in [0, 0.1) is 0 Å². The van der Waals surface area contributed by atoms with E-state index in [1.54, 1.807) is 0 Å². The lowest BCUT2D eigenvalue weighted by atomic mass is 10.2. The van der Waals surface area contributed by atoms with Gasteiger partial charge in [-0.2, -0.15) is 12.6 Å². The van der Waals surface area contributed by atoms with Crippen LogP contribution in [-0.4, -0.2) is 11.9 Å². The van der Waals surface area contributed by atoms with Gasteiger partial charge in [-0.05, 0) is 30.6 Å². The molecule has 0 aliphatic rings. The number of unbranched alkanes of at least 4 members (excludes halogenated alkanes) is 1. The molecule has 0 fully saturated rings. The maximum atomic E-state index is 5.66. The van der Waals surface area contributed by atoms with Crippen molar-refractivity contribution in [2.45, 2.75) is 38.5 Å². The molecular weight excluding hydrogens is 240 g/mol. The summed E-state index contributed by atoms with van der Waals surface area (Å²) in [4.78, 5) is 0. The zero-order valence-electron chi connectivity index (χ0n) is 11.2. The monoisotopic (exact) mass is 262 g/mol. The third kappa shape index (κ3) is 6.11. The van der Waals surface area contributed by atoms with Crippen molar-refractivity contribution in [1.82, 2.24) is 0 Å². The summed E-state index contributed by atoms with van der Waals surface area (Å²) in [6, 6.07) is 10.2. The second-order valence-electron chi connectivity index (χ2n) is 4.34. The van der Waals surface area contributed by atoms with Gasteiger partial charge < -0.3 is 4.74 Å². The van der Waals surface area contributed by atoms with Crippen LogP contribution in [0.2, 0.25) is 0 Å². The van der Waals surface area contributed by atoms with Gasteiger partial charge in [-0.3, -0.25) is 0 Å². The van der Waals surface area contributed by atoms with Crippen LogP contribution in [0.3, 0.4) is 0 Å². The Morgan fingerprint density at radius 1 is 1.39 bits per heavy atom. The van der Waals surface area contributed by atoms with Crippen LogP contribution in [0.4, 0.5) is 0 Å². The average molecular weight is 262 g/mol. The first-order chi connectivity index (χ1) is 8.74. The Morgan fingerprint density at radius 3 is 2.78 bits per heavy atom. The molecule has 18 heavy (non-hydrogen) atoms. The zero-order chi connectivity index (χ0) is 13.2. The fourth-order valence-corrected chi connectivity index (χ4v) is 1.64. The van der Waals surface area contributed by atoms with Crippen LogP contribution >= 0.6 is 12.6 Å². The highest BCUT2D eigenvalue weighted by Gasteiger charge is 2.04. The van der Waals surface area contributed by atoms with Crippen LogP contribution in [0.5, 0.6) is 0 Å². The number of rotatable bonds is 7. The van der Waals surface area contributed by atoms with Gasteiger partial charge in [-0.25, -0.2) is 0 Å². The molecule has 0 radical (unpaired) electrons. The van der Waals surface area contributed by atoms with Crippen molar-refractivity contribution >= 4 is 12.6 Å². The molecule has 1 atom stereocenters. The van der Waals surface area contributed by atoms with Gasteiger partial charge >= 0.3 is 0 Å². The summed E-state index contributed by atoms with van der Waals surface area (Å²) < 4.78 is 5.66. The summed E-state index contributed by atoms with van der Waals surface area (Å²) in [6.45, 7) is 5.48. The maximum Gasteiger partial charge on any atom is 0.0717 e. The molecule has 0 spiro atoms. The minimum Gasteiger partial charge on any atom is -0.375 e. The maximum absolute atomic E-state index is 5.66. The van der Waals surface area contributed by atoms with Gasteiger partial charge in [-0.15, -0.1) is 5.73 Å². The Labute approximate surface area is 116 Å². The van der Waals surface area contributed by atoms with Gasteiger partial charge in [0.05, 0.1) is 18.5 Å². The molecule has 0 heterocycles. The molecule has 98 valence electrons. The number of hydrogen-bond donors (Lipinski definition) is 1. The first-order valence-electron chi connectivity index (χ1n) is 6.45. The predicted octanol–water partition coefficient (Wildman–Crippen LogP) is 4.40. The molecule has 0 saturated heterocycles. The third-order valence-electron chi connectivity index (χ3n) is 2.65. The van der Waals surface area contributed by atoms with Gasteiger partial charge in [-0.1, -0.05) is 43.7 Å². The smallest absolute Gasteiger partial charge is 0.0717 e. The Balaban J connectivity index is 2.33. The van der Waals surface area contributed by atoms with Gasteiger partial charge in [0, 0.05) is 0 Å². The summed E-state index contributed by atoms with van der Waals surface area (Å²) in [5, 5.41) is 0.127. The number of benzene rings is 1. The van der Waals surface area contributed by atoms with Crippen LogP contribution in [-0.2, 0) is 11.3 Å². The highest BCUT2D eigenvalue weighted by molar-refractivity contribution is 7.81. The third-order valence-corrected chi connectivity index (χ3v) is 3.19. The first kappa shape index (κ1) is 15.1. The Hall–Kier alpha value is -0.950. The quantitative estimate of drug-likeness (QED) is 0.566. The molecule has 0 bridgehead atoms. The zero-order valence-corrected chi connectivity index (χ0v) is 12.1. The van der Waals surface area contributed by atoms with E-state index in [9.17, 15) is 0 Å². The molecule has 0 aliphatic carbocycles. The molecule has 2 heteroatoms. The fraction of sp³-hybridized carbons (Fsp3) is 0.438. The molecule has 0 unspecified atom stereocenters. The lowest BCUT2D eigenvalue weighted by molar-refractivity contribution is 0.127. The van der Waals surface area contributed by atoms with Crippen molar-refractivity contribution in [3.8, 4) is 0 Å². The molecule has 0 aromatic heterocycles. The average Bonchev–Trinajstić information content (AvgIpc) is 2.40. The molecule has 1 nitrogen and oxygen atoms in total. The summed E-state index contributed by atoms with van der Waals surface area (Å²) in [7, 11) is 0. The number of ether oxygens (including phenoxy) is 1. The van der Waals surface area contributed by atoms with Crippen LogP contribution in [0.15, 0.2) is 47.7 Å². The highest BCUT2D eigenvalue weighted by atomic mass is 32.1. The number of thiol groups is 1. The van der Waals surface area contributed by atoms with Gasteiger partial charge in [0.25, 0.3) is 0 Å². The van der Waals surface area contributed by atoms with E-state index in [4.69, 9.17) is 4.74 Å². The highest BCUT2D eigenvalue weighted by Crippen LogP contribution is 2.10. The molecule has 1 aromatic carbocycles. The fourth-order valence-electron chi connectivity index (χ4n) is 1.46. The SMILES string of the molecule is CCCC=C=C(C)[C@@H](S)COCc1ccccc1. The lowest BCUT2D eigenvalue weighted by Gasteiger charge is -2.10. The predicted molar refractivity (Wildman–Crippen MR) is 81.1 cm³/mol. The van der Waals surface area contributed by atoms with Gasteiger partial charge in [0.1, 0.15) is 0 Å². The summed E-state index contributed by atoms with van der Waals surface area (Å²) >= 11 is 4.53. The number of hydrogen-bond acceptors (Lipinski definition) is 2. The van der Waals surface area contributed by atoms with Crippen LogP contribution < -0.4 is 0 Å². The van der Waals surface area contributed by atoms with Crippen molar-refractivity contribution in [3.05, 3.63) is 53.3 Å². The molecule has 0 saturated carbocycles. The van der Waals surface area contributed by atoms with E-state index in [0.717, 1.165) is 18.4 Å². The van der Waals surface area contributed by atoms with Gasteiger partial charge in [0.2, 0.25) is 0 Å². The molecule has 0 amide bonds. The Morgan fingerprint density at radius 2 is 2.11 bits per heavy atom. The summed E-state index contributed by atoms with van der Waals surface area (Å²) in [6.07, 6.45) is 4.31. The van der Waals surface area contributed by atoms with Crippen molar-refractivity contribution in [1.29, 1.82) is 0 Å². The van der Waals surface area contributed by atoms with E-state index in [1.807, 2.05) is 18.2 Å². The van der Waals surface area contributed by atoms with Crippen molar-refractivity contribution in [3.63, 3.8) is 0 Å². The summed E-state index contributed by atoms with van der Waals surface area (Å²) in [5.41, 5.74) is 5.60. The molecule has 1 rings (SSSR count). The van der Waals surface area contributed by atoms with Crippen LogP contribution in [0.1, 0.15) is 32.3 Å². The molecule has 0 aliphatic heterocycles. The van der Waals surface area contributed by atoms with E-state index >= 15 is 0 Å². The molecule has 0 N–H and O–H groups in total. The van der Waals surface area contributed by atoms with Gasteiger partial charge in [0.15, 0.2) is 0 Å². The van der Waals surface area contributed by atoms with E-state index in [-0.39, 0.29) is 5.25 Å². The van der Waals surface area contributed by atoms with E-state index in [0.29, 0.717) is 13.2 Å². The standard InChI is InChI=1S/C16H22OS/c1-3-4-6-9-14(2)16(18)13-17-12-15-10-7-5-8-11-15/h5-8,10-11,16,18H,3-4,12-13H2,1-2H3/t9?,16-/m0/s1. The van der Waals surface area contributed by atoms with E-state index < -0.39 is 0 Å². The largest absolute Gasteiger partial charge is 0.375 e. The minimum atomic E-state index is 0.127.